The first kappa shape index (κ1) is 22.4. The summed E-state index contributed by atoms with van der Waals surface area (Å²) < 4.78 is 15.9. The van der Waals surface area contributed by atoms with Crippen molar-refractivity contribution >= 4 is 18.0 Å². The molecule has 7 heteroatoms. The van der Waals surface area contributed by atoms with Gasteiger partial charge in [-0.3, -0.25) is 4.79 Å². The van der Waals surface area contributed by atoms with Crippen molar-refractivity contribution < 1.29 is 23.5 Å². The molecule has 0 bridgehead atoms. The van der Waals surface area contributed by atoms with Gasteiger partial charge in [-0.05, 0) is 61.4 Å². The third-order valence-corrected chi connectivity index (χ3v) is 4.47. The number of amides is 1. The summed E-state index contributed by atoms with van der Waals surface area (Å²) in [7, 11) is 0. The van der Waals surface area contributed by atoms with E-state index in [1.54, 1.807) is 36.4 Å². The van der Waals surface area contributed by atoms with Crippen molar-refractivity contribution in [3.63, 3.8) is 0 Å². The molecule has 0 saturated carbocycles. The van der Waals surface area contributed by atoms with Crippen LogP contribution in [0, 0.1) is 25.2 Å². The number of aryl methyl sites for hydroxylation is 2. The summed E-state index contributed by atoms with van der Waals surface area (Å²) in [5.74, 6) is 0.495. The highest BCUT2D eigenvalue weighted by Gasteiger charge is 2.11. The molecule has 32 heavy (non-hydrogen) atoms. The lowest BCUT2D eigenvalue weighted by molar-refractivity contribution is -0.136. The number of hydrogen-bond acceptors (Lipinski definition) is 6. The van der Waals surface area contributed by atoms with Crippen molar-refractivity contribution in [3.05, 3.63) is 88.9 Å². The van der Waals surface area contributed by atoms with Gasteiger partial charge in [0.15, 0.2) is 6.61 Å². The quantitative estimate of drug-likeness (QED) is 0.250. The number of benzene rings is 2. The van der Waals surface area contributed by atoms with E-state index >= 15 is 0 Å². The van der Waals surface area contributed by atoms with E-state index in [1.807, 2.05) is 38.1 Å². The maximum Gasteiger partial charge on any atom is 0.349 e. The predicted octanol–water partition coefficient (Wildman–Crippen LogP) is 4.10. The van der Waals surface area contributed by atoms with Gasteiger partial charge in [-0.15, -0.1) is 0 Å². The van der Waals surface area contributed by atoms with Crippen LogP contribution in [0.4, 0.5) is 0 Å². The number of nitrogens with one attached hydrogen (secondary N) is 1. The fourth-order valence-electron chi connectivity index (χ4n) is 2.88. The molecule has 3 aromatic rings. The van der Waals surface area contributed by atoms with Crippen LogP contribution in [0.5, 0.6) is 11.5 Å². The molecule has 0 aliphatic heterocycles. The molecule has 0 aliphatic carbocycles. The largest absolute Gasteiger partial charge is 0.482 e. The summed E-state index contributed by atoms with van der Waals surface area (Å²) >= 11 is 0. The van der Waals surface area contributed by atoms with E-state index in [9.17, 15) is 14.9 Å². The molecule has 0 aliphatic rings. The number of hydrogen-bond donors (Lipinski definition) is 1. The van der Waals surface area contributed by atoms with E-state index in [4.69, 9.17) is 13.9 Å². The second kappa shape index (κ2) is 10.6. The third kappa shape index (κ3) is 6.34. The smallest absolute Gasteiger partial charge is 0.349 e. The van der Waals surface area contributed by atoms with Gasteiger partial charge in [-0.1, -0.05) is 29.8 Å². The zero-order chi connectivity index (χ0) is 22.9. The number of nitrogens with zero attached hydrogens (tertiary/aromatic N) is 1. The first-order chi connectivity index (χ1) is 15.4. The van der Waals surface area contributed by atoms with E-state index in [2.05, 4.69) is 5.32 Å². The Bertz CT molecular complexity index is 1160. The second-order valence-electron chi connectivity index (χ2n) is 7.03. The Morgan fingerprint density at radius 1 is 1.12 bits per heavy atom. The minimum Gasteiger partial charge on any atom is -0.482 e. The maximum absolute atomic E-state index is 12.2. The fraction of sp³-hybridized carbons (Fsp3) is 0.160. The molecule has 2 aromatic carbocycles. The van der Waals surface area contributed by atoms with E-state index < -0.39 is 11.9 Å². The minimum absolute atomic E-state index is 0.0526. The van der Waals surface area contributed by atoms with E-state index in [0.717, 1.165) is 11.1 Å². The summed E-state index contributed by atoms with van der Waals surface area (Å²) in [5.41, 5.74) is 2.61. The molecule has 3 rings (SSSR count). The molecule has 0 unspecified atom stereocenters. The van der Waals surface area contributed by atoms with Gasteiger partial charge in [-0.25, -0.2) is 4.79 Å². The topological polar surface area (TPSA) is 102 Å². The van der Waals surface area contributed by atoms with Gasteiger partial charge in [0.2, 0.25) is 0 Å². The van der Waals surface area contributed by atoms with Gasteiger partial charge in [0.05, 0.1) is 12.8 Å². The van der Waals surface area contributed by atoms with Crippen LogP contribution in [-0.2, 0) is 16.1 Å². The number of rotatable bonds is 8. The van der Waals surface area contributed by atoms with Crippen LogP contribution >= 0.6 is 0 Å². The molecule has 1 heterocycles. The van der Waals surface area contributed by atoms with Crippen LogP contribution in [-0.4, -0.2) is 18.5 Å². The highest BCUT2D eigenvalue weighted by atomic mass is 16.6. The average Bonchev–Trinajstić information content (AvgIpc) is 3.30. The van der Waals surface area contributed by atoms with Crippen molar-refractivity contribution in [3.8, 4) is 17.6 Å². The van der Waals surface area contributed by atoms with Gasteiger partial charge in [0, 0.05) is 0 Å². The molecule has 7 nitrogen and oxygen atoms in total. The van der Waals surface area contributed by atoms with Crippen molar-refractivity contribution in [2.24, 2.45) is 0 Å². The standard InChI is InChI=1S/C25H22N2O5/c1-17-5-10-23(18(2)12-17)31-16-24(28)32-21-8-6-19(7-9-21)13-20(14-26)25(29)27-15-22-4-3-11-30-22/h3-13H,15-16H2,1-2H3,(H,27,29)/b20-13+. The molecule has 0 spiro atoms. The van der Waals surface area contributed by atoms with Crippen molar-refractivity contribution in [1.82, 2.24) is 5.32 Å². The highest BCUT2D eigenvalue weighted by Crippen LogP contribution is 2.19. The molecule has 1 amide bonds. The summed E-state index contributed by atoms with van der Waals surface area (Å²) in [6.45, 7) is 3.85. The minimum atomic E-state index is -0.539. The van der Waals surface area contributed by atoms with Gasteiger partial charge in [0.1, 0.15) is 28.9 Å². The van der Waals surface area contributed by atoms with Crippen LogP contribution in [0.25, 0.3) is 6.08 Å². The van der Waals surface area contributed by atoms with Crippen LogP contribution in [0.3, 0.4) is 0 Å². The number of nitriles is 1. The third-order valence-electron chi connectivity index (χ3n) is 4.47. The lowest BCUT2D eigenvalue weighted by atomic mass is 10.1. The lowest BCUT2D eigenvalue weighted by Gasteiger charge is -2.09. The first-order valence-corrected chi connectivity index (χ1v) is 9.88. The maximum atomic E-state index is 12.2. The molecule has 0 fully saturated rings. The van der Waals surface area contributed by atoms with Crippen molar-refractivity contribution in [1.29, 1.82) is 5.26 Å². The molecular formula is C25H22N2O5. The molecular weight excluding hydrogens is 408 g/mol. The summed E-state index contributed by atoms with van der Waals surface area (Å²) in [6.07, 6.45) is 2.96. The molecule has 1 N–H and O–H groups in total. The monoisotopic (exact) mass is 430 g/mol. The van der Waals surface area contributed by atoms with Gasteiger partial charge in [0.25, 0.3) is 5.91 Å². The zero-order valence-corrected chi connectivity index (χ0v) is 17.8. The Balaban J connectivity index is 1.54. The second-order valence-corrected chi connectivity index (χ2v) is 7.03. The fourth-order valence-corrected chi connectivity index (χ4v) is 2.88. The number of carbonyl (C=O) groups excluding carboxylic acids is 2. The van der Waals surface area contributed by atoms with Crippen LogP contribution in [0.15, 0.2) is 70.9 Å². The molecule has 0 atom stereocenters. The predicted molar refractivity (Wildman–Crippen MR) is 118 cm³/mol. The molecule has 0 radical (unpaired) electrons. The van der Waals surface area contributed by atoms with Crippen molar-refractivity contribution in [2.75, 3.05) is 6.61 Å². The van der Waals surface area contributed by atoms with E-state index in [1.165, 1.54) is 12.3 Å². The molecule has 1 aromatic heterocycles. The Morgan fingerprint density at radius 2 is 1.91 bits per heavy atom. The van der Waals surface area contributed by atoms with Gasteiger partial charge >= 0.3 is 5.97 Å². The Kier molecular flexibility index (Phi) is 7.44. The van der Waals surface area contributed by atoms with Crippen LogP contribution in [0.1, 0.15) is 22.5 Å². The van der Waals surface area contributed by atoms with Crippen LogP contribution < -0.4 is 14.8 Å². The Hall–Kier alpha value is -4.31. The normalized spacial score (nSPS) is 10.8. The summed E-state index contributed by atoms with van der Waals surface area (Å²) in [5, 5.41) is 11.9. The number of carbonyl (C=O) groups is 2. The van der Waals surface area contributed by atoms with Gasteiger partial charge in [-0.2, -0.15) is 5.26 Å². The van der Waals surface area contributed by atoms with E-state index in [-0.39, 0.29) is 18.7 Å². The SMILES string of the molecule is Cc1ccc(OCC(=O)Oc2ccc(/C=C(\C#N)C(=O)NCc3ccco3)cc2)c(C)c1. The molecule has 162 valence electrons. The lowest BCUT2D eigenvalue weighted by Crippen LogP contribution is -2.23. The number of furan rings is 1. The summed E-state index contributed by atoms with van der Waals surface area (Å²) in [4.78, 5) is 24.3. The first-order valence-electron chi connectivity index (χ1n) is 9.88. The average molecular weight is 430 g/mol. The van der Waals surface area contributed by atoms with Crippen LogP contribution in [0.2, 0.25) is 0 Å². The summed E-state index contributed by atoms with van der Waals surface area (Å²) in [6, 6.07) is 17.5. The Labute approximate surface area is 185 Å². The zero-order valence-electron chi connectivity index (χ0n) is 17.8. The van der Waals surface area contributed by atoms with E-state index in [0.29, 0.717) is 22.8 Å². The Morgan fingerprint density at radius 3 is 2.56 bits per heavy atom. The highest BCUT2D eigenvalue weighted by molar-refractivity contribution is 6.01. The van der Waals surface area contributed by atoms with Gasteiger partial charge < -0.3 is 19.2 Å². The number of ether oxygens (including phenoxy) is 2. The van der Waals surface area contributed by atoms with Crippen molar-refractivity contribution in [2.45, 2.75) is 20.4 Å². The molecule has 0 saturated heterocycles. The number of esters is 1.